The van der Waals surface area contributed by atoms with E-state index in [9.17, 15) is 9.70 Å². The third kappa shape index (κ3) is 3.08. The molecule has 0 saturated heterocycles. The molecule has 5 heteroatoms. The fourth-order valence-corrected chi connectivity index (χ4v) is 2.88. The van der Waals surface area contributed by atoms with Gasteiger partial charge in [0.15, 0.2) is 0 Å². The number of nitrogens with zero attached hydrogens (tertiary/aromatic N) is 2. The summed E-state index contributed by atoms with van der Waals surface area (Å²) in [6, 6.07) is 18.5. The van der Waals surface area contributed by atoms with Crippen LogP contribution in [0, 0.1) is 11.8 Å². The van der Waals surface area contributed by atoms with Crippen LogP contribution >= 0.6 is 0 Å². The molecule has 3 rings (SSSR count). The Bertz CT molecular complexity index is 914. The molecule has 2 aromatic carbocycles. The summed E-state index contributed by atoms with van der Waals surface area (Å²) >= 11 is 0. The van der Waals surface area contributed by atoms with Gasteiger partial charge in [0.25, 0.3) is 0 Å². The first kappa shape index (κ1) is 16.6. The Balaban J connectivity index is 2.29. The predicted octanol–water partition coefficient (Wildman–Crippen LogP) is 5.03. The van der Waals surface area contributed by atoms with Crippen LogP contribution in [0.4, 0.5) is 5.69 Å². The monoisotopic (exact) mass is 334 g/mol. The Morgan fingerprint density at radius 2 is 1.76 bits per heavy atom. The summed E-state index contributed by atoms with van der Waals surface area (Å²) in [5.41, 5.74) is 3.85. The Morgan fingerprint density at radius 3 is 2.44 bits per heavy atom. The minimum absolute atomic E-state index is 0.302. The van der Waals surface area contributed by atoms with E-state index in [1.54, 1.807) is 25.1 Å². The zero-order valence-corrected chi connectivity index (χ0v) is 14.1. The van der Waals surface area contributed by atoms with E-state index in [4.69, 9.17) is 4.74 Å². The molecule has 1 aromatic heterocycles. The van der Waals surface area contributed by atoms with Crippen LogP contribution in [-0.2, 0) is 4.74 Å². The van der Waals surface area contributed by atoms with Gasteiger partial charge in [-0.1, -0.05) is 42.5 Å². The van der Waals surface area contributed by atoms with Gasteiger partial charge in [-0.05, 0) is 42.8 Å². The molecule has 0 aliphatic rings. The highest BCUT2D eigenvalue weighted by Crippen LogP contribution is 2.33. The van der Waals surface area contributed by atoms with E-state index >= 15 is 0 Å². The van der Waals surface area contributed by atoms with Crippen molar-refractivity contribution in [2.24, 2.45) is 5.18 Å². The molecule has 1 heterocycles. The van der Waals surface area contributed by atoms with Crippen LogP contribution in [0.2, 0.25) is 0 Å². The maximum Gasteiger partial charge on any atom is 0.339 e. The maximum absolute atomic E-state index is 12.3. The molecule has 0 aliphatic heterocycles. The van der Waals surface area contributed by atoms with Gasteiger partial charge < -0.3 is 9.30 Å². The average molecular weight is 334 g/mol. The van der Waals surface area contributed by atoms with Crippen molar-refractivity contribution in [1.29, 1.82) is 0 Å². The Kier molecular flexibility index (Phi) is 4.75. The van der Waals surface area contributed by atoms with Crippen LogP contribution in [0.15, 0.2) is 65.8 Å². The third-order valence-corrected chi connectivity index (χ3v) is 4.03. The van der Waals surface area contributed by atoms with Gasteiger partial charge in [-0.25, -0.2) is 4.79 Å². The van der Waals surface area contributed by atoms with E-state index in [1.807, 2.05) is 54.0 Å². The molecule has 0 unspecified atom stereocenters. The molecule has 0 spiro atoms. The normalized spacial score (nSPS) is 10.5. The Morgan fingerprint density at radius 1 is 1.08 bits per heavy atom. The molecular weight excluding hydrogens is 316 g/mol. The molecule has 0 amide bonds. The van der Waals surface area contributed by atoms with Gasteiger partial charge in [0.1, 0.15) is 5.69 Å². The van der Waals surface area contributed by atoms with Crippen LogP contribution in [0.1, 0.15) is 23.0 Å². The molecule has 0 bridgehead atoms. The zero-order valence-electron chi connectivity index (χ0n) is 14.1. The number of carbonyl (C=O) groups is 1. The number of aromatic nitrogens is 1. The lowest BCUT2D eigenvalue weighted by Crippen LogP contribution is -2.07. The number of para-hydroxylation sites is 1. The first-order valence-electron chi connectivity index (χ1n) is 8.05. The highest BCUT2D eigenvalue weighted by atomic mass is 16.5. The summed E-state index contributed by atoms with van der Waals surface area (Å²) in [7, 11) is 0. The van der Waals surface area contributed by atoms with Gasteiger partial charge >= 0.3 is 5.97 Å². The largest absolute Gasteiger partial charge is 0.462 e. The number of nitroso groups, excluding NO2 is 1. The van der Waals surface area contributed by atoms with Crippen molar-refractivity contribution in [2.45, 2.75) is 13.8 Å². The minimum atomic E-state index is -0.382. The van der Waals surface area contributed by atoms with E-state index in [0.29, 0.717) is 29.2 Å². The molecule has 0 saturated carbocycles. The highest BCUT2D eigenvalue weighted by Gasteiger charge is 2.21. The number of hydrogen-bond acceptors (Lipinski definition) is 4. The molecule has 126 valence electrons. The number of benzene rings is 2. The summed E-state index contributed by atoms with van der Waals surface area (Å²) in [6.07, 6.45) is 0. The second-order valence-electron chi connectivity index (χ2n) is 5.53. The van der Waals surface area contributed by atoms with Crippen LogP contribution < -0.4 is 0 Å². The second kappa shape index (κ2) is 7.13. The van der Waals surface area contributed by atoms with E-state index in [-0.39, 0.29) is 5.97 Å². The van der Waals surface area contributed by atoms with Crippen molar-refractivity contribution in [3.05, 3.63) is 76.8 Å². The quantitative estimate of drug-likeness (QED) is 0.486. The molecule has 5 nitrogen and oxygen atoms in total. The summed E-state index contributed by atoms with van der Waals surface area (Å²) in [5, 5.41) is 3.13. The van der Waals surface area contributed by atoms with Gasteiger partial charge in [-0.15, -0.1) is 4.91 Å². The lowest BCUT2D eigenvalue weighted by molar-refractivity contribution is 0.0525. The van der Waals surface area contributed by atoms with Gasteiger partial charge in [0.2, 0.25) is 0 Å². The molecule has 0 aliphatic carbocycles. The van der Waals surface area contributed by atoms with E-state index in [0.717, 1.165) is 11.3 Å². The van der Waals surface area contributed by atoms with E-state index in [1.165, 1.54) is 0 Å². The second-order valence-corrected chi connectivity index (χ2v) is 5.53. The summed E-state index contributed by atoms with van der Waals surface area (Å²) in [4.78, 5) is 23.6. The number of rotatable bonds is 5. The summed E-state index contributed by atoms with van der Waals surface area (Å²) in [5.74, 6) is -0.382. The summed E-state index contributed by atoms with van der Waals surface area (Å²) < 4.78 is 7.04. The number of ether oxygens (including phenoxy) is 1. The zero-order chi connectivity index (χ0) is 17.8. The minimum Gasteiger partial charge on any atom is -0.462 e. The highest BCUT2D eigenvalue weighted by molar-refractivity contribution is 5.93. The lowest BCUT2D eigenvalue weighted by atomic mass is 10.1. The van der Waals surface area contributed by atoms with Crippen molar-refractivity contribution < 1.29 is 9.53 Å². The standard InChI is InChI=1S/C20H18N2O3/c1-3-25-20(23)16-13-19(15-9-5-4-6-10-15)22(14(16)2)18-12-8-7-11-17(18)21-24/h4-13H,3H2,1-2H3. The fourth-order valence-electron chi connectivity index (χ4n) is 2.88. The first-order chi connectivity index (χ1) is 12.2. The van der Waals surface area contributed by atoms with Crippen molar-refractivity contribution in [3.8, 4) is 16.9 Å². The van der Waals surface area contributed by atoms with Crippen molar-refractivity contribution in [2.75, 3.05) is 6.61 Å². The van der Waals surface area contributed by atoms with Crippen molar-refractivity contribution in [1.82, 2.24) is 4.57 Å². The number of carbonyl (C=O) groups excluding carboxylic acids is 1. The molecule has 0 atom stereocenters. The predicted molar refractivity (Wildman–Crippen MR) is 97.4 cm³/mol. The SMILES string of the molecule is CCOC(=O)c1cc(-c2ccccc2)n(-c2ccccc2N=O)c1C. The van der Waals surface area contributed by atoms with Crippen molar-refractivity contribution in [3.63, 3.8) is 0 Å². The molecule has 0 fully saturated rings. The Hall–Kier alpha value is -3.21. The van der Waals surface area contributed by atoms with Gasteiger partial charge in [0.05, 0.1) is 23.6 Å². The van der Waals surface area contributed by atoms with E-state index in [2.05, 4.69) is 5.18 Å². The van der Waals surface area contributed by atoms with Gasteiger partial charge in [0, 0.05) is 5.69 Å². The number of esters is 1. The smallest absolute Gasteiger partial charge is 0.339 e. The lowest BCUT2D eigenvalue weighted by Gasteiger charge is -2.13. The maximum atomic E-state index is 12.3. The molecule has 3 aromatic rings. The van der Waals surface area contributed by atoms with Crippen LogP contribution in [0.5, 0.6) is 0 Å². The molecular formula is C20H18N2O3. The van der Waals surface area contributed by atoms with Crippen LogP contribution in [-0.4, -0.2) is 17.1 Å². The number of hydrogen-bond donors (Lipinski definition) is 0. The van der Waals surface area contributed by atoms with Crippen molar-refractivity contribution >= 4 is 11.7 Å². The Labute approximate surface area is 145 Å². The average Bonchev–Trinajstić information content (AvgIpc) is 3.00. The van der Waals surface area contributed by atoms with Gasteiger partial charge in [-0.3, -0.25) is 0 Å². The molecule has 0 radical (unpaired) electrons. The van der Waals surface area contributed by atoms with Gasteiger partial charge in [-0.2, -0.15) is 0 Å². The fraction of sp³-hybridized carbons (Fsp3) is 0.150. The topological polar surface area (TPSA) is 60.7 Å². The third-order valence-electron chi connectivity index (χ3n) is 4.03. The van der Waals surface area contributed by atoms with Crippen LogP contribution in [0.3, 0.4) is 0 Å². The summed E-state index contributed by atoms with van der Waals surface area (Å²) in [6.45, 7) is 3.91. The molecule has 0 N–H and O–H groups in total. The van der Waals surface area contributed by atoms with Crippen LogP contribution in [0.25, 0.3) is 16.9 Å². The first-order valence-corrected chi connectivity index (χ1v) is 8.05. The molecule has 25 heavy (non-hydrogen) atoms. The van der Waals surface area contributed by atoms with E-state index < -0.39 is 0 Å².